The average Bonchev–Trinajstić information content (AvgIpc) is 2.85. The number of allylic oxidation sites excluding steroid dienone is 4. The zero-order chi connectivity index (χ0) is 25.4. The lowest BCUT2D eigenvalue weighted by Crippen LogP contribution is -2.30. The highest BCUT2D eigenvalue weighted by Gasteiger charge is 2.41. The van der Waals surface area contributed by atoms with Gasteiger partial charge in [0.05, 0.1) is 4.47 Å². The molecular weight excluding hydrogens is 522 g/mol. The highest BCUT2D eigenvalue weighted by Crippen LogP contribution is 2.48. The Morgan fingerprint density at radius 1 is 1.00 bits per heavy atom. The summed E-state index contributed by atoms with van der Waals surface area (Å²) in [5, 5.41) is 2.90. The smallest absolute Gasteiger partial charge is 0.262 e. The number of benzene rings is 2. The van der Waals surface area contributed by atoms with Gasteiger partial charge in [-0.3, -0.25) is 14.4 Å². The first-order valence-electron chi connectivity index (χ1n) is 12.3. The number of rotatable bonds is 5. The minimum absolute atomic E-state index is 0.0470. The number of carbonyl (C=O) groups is 3. The molecule has 1 amide bonds. The molecule has 1 N–H and O–H groups in total. The van der Waals surface area contributed by atoms with Crippen molar-refractivity contribution in [2.24, 2.45) is 0 Å². The molecule has 36 heavy (non-hydrogen) atoms. The number of hydrogen-bond acceptors (Lipinski definition) is 5. The first-order chi connectivity index (χ1) is 17.3. The molecule has 3 aliphatic rings. The number of halogens is 1. The summed E-state index contributed by atoms with van der Waals surface area (Å²) in [6, 6.07) is 11.3. The van der Waals surface area contributed by atoms with Crippen molar-refractivity contribution in [1.82, 2.24) is 0 Å². The molecule has 6 nitrogen and oxygen atoms in total. The van der Waals surface area contributed by atoms with Crippen molar-refractivity contribution in [3.05, 3.63) is 80.2 Å². The molecule has 0 aromatic heterocycles. The van der Waals surface area contributed by atoms with Crippen molar-refractivity contribution in [1.29, 1.82) is 0 Å². The summed E-state index contributed by atoms with van der Waals surface area (Å²) in [7, 11) is 0. The number of Topliss-reactive ketones (excluding diaryl/α,β-unsaturated/α-hetero) is 2. The van der Waals surface area contributed by atoms with E-state index in [0.29, 0.717) is 58.6 Å². The lowest BCUT2D eigenvalue weighted by atomic mass is 9.73. The number of carbonyl (C=O) groups excluding carboxylic acids is 3. The molecule has 2 aromatic rings. The van der Waals surface area contributed by atoms with Gasteiger partial charge in [-0.25, -0.2) is 0 Å². The Morgan fingerprint density at radius 2 is 1.67 bits per heavy atom. The highest BCUT2D eigenvalue weighted by atomic mass is 79.9. The molecule has 0 unspecified atom stereocenters. The molecule has 0 fully saturated rings. The van der Waals surface area contributed by atoms with E-state index < -0.39 is 5.92 Å². The van der Waals surface area contributed by atoms with Gasteiger partial charge in [-0.15, -0.1) is 0 Å². The zero-order valence-corrected chi connectivity index (χ0v) is 22.0. The van der Waals surface area contributed by atoms with Gasteiger partial charge in [0.2, 0.25) is 0 Å². The molecule has 0 saturated heterocycles. The molecule has 0 atom stereocenters. The topological polar surface area (TPSA) is 81.7 Å². The quantitative estimate of drug-likeness (QED) is 0.479. The van der Waals surface area contributed by atoms with Crippen LogP contribution in [0.15, 0.2) is 63.5 Å². The maximum atomic E-state index is 13.0. The van der Waals surface area contributed by atoms with Crippen LogP contribution in [0.25, 0.3) is 0 Å². The van der Waals surface area contributed by atoms with Gasteiger partial charge in [0.25, 0.3) is 5.91 Å². The third-order valence-corrected chi connectivity index (χ3v) is 7.79. The first kappa shape index (κ1) is 24.5. The number of nitrogens with one attached hydrogen (secondary N) is 1. The summed E-state index contributed by atoms with van der Waals surface area (Å²) in [6.07, 6.45) is 3.88. The second kappa shape index (κ2) is 10.1. The van der Waals surface area contributed by atoms with E-state index in [2.05, 4.69) is 21.2 Å². The van der Waals surface area contributed by atoms with Gasteiger partial charge < -0.3 is 14.8 Å². The third kappa shape index (κ3) is 4.64. The van der Waals surface area contributed by atoms with Gasteiger partial charge in [-0.05, 0) is 77.5 Å². The fourth-order valence-corrected chi connectivity index (χ4v) is 5.69. The second-order valence-electron chi connectivity index (χ2n) is 9.54. The summed E-state index contributed by atoms with van der Waals surface area (Å²) in [4.78, 5) is 38.4. The summed E-state index contributed by atoms with van der Waals surface area (Å²) < 4.78 is 12.6. The first-order valence-corrected chi connectivity index (χ1v) is 13.1. The molecule has 0 saturated carbocycles. The number of aryl methyl sites for hydroxylation is 1. The van der Waals surface area contributed by atoms with Crippen LogP contribution in [0.2, 0.25) is 0 Å². The molecule has 186 valence electrons. The molecule has 0 spiro atoms. The third-order valence-electron chi connectivity index (χ3n) is 7.17. The van der Waals surface area contributed by atoms with E-state index in [1.807, 2.05) is 44.2 Å². The fraction of sp³-hybridized carbons (Fsp3) is 0.345. The van der Waals surface area contributed by atoms with Crippen LogP contribution in [-0.2, 0) is 19.1 Å². The standard InChI is InChI=1S/C29H28BrNO5/c1-16-6-3-7-20(17(16)2)31-26(34)15-35-23-13-12-18(14-19(23)30)27-28-21(32)8-4-10-24(28)36-25-11-5-9-22(33)29(25)27/h3,6-7,12-14,27H,4-5,8-11,15H2,1-2H3,(H,31,34). The highest BCUT2D eigenvalue weighted by molar-refractivity contribution is 9.10. The number of anilines is 1. The normalized spacial score (nSPS) is 18.0. The van der Waals surface area contributed by atoms with Crippen LogP contribution >= 0.6 is 15.9 Å². The number of amides is 1. The van der Waals surface area contributed by atoms with Crippen LogP contribution in [0.1, 0.15) is 61.1 Å². The SMILES string of the molecule is Cc1cccc(NC(=O)COc2ccc(C3C4=C(CCCC4=O)OC4=C3C(=O)CCC4)cc2Br)c1C. The van der Waals surface area contributed by atoms with Crippen LogP contribution in [-0.4, -0.2) is 24.1 Å². The Labute approximate surface area is 218 Å². The Balaban J connectivity index is 1.38. The maximum Gasteiger partial charge on any atom is 0.262 e. The lowest BCUT2D eigenvalue weighted by Gasteiger charge is -2.36. The maximum absolute atomic E-state index is 13.0. The van der Waals surface area contributed by atoms with Gasteiger partial charge in [0.1, 0.15) is 17.3 Å². The van der Waals surface area contributed by atoms with Gasteiger partial charge >= 0.3 is 0 Å². The van der Waals surface area contributed by atoms with E-state index in [1.165, 1.54) is 0 Å². The molecular formula is C29H28BrNO5. The van der Waals surface area contributed by atoms with Crippen molar-refractivity contribution < 1.29 is 23.9 Å². The molecule has 2 aromatic carbocycles. The summed E-state index contributed by atoms with van der Waals surface area (Å²) in [5.74, 6) is 1.34. The van der Waals surface area contributed by atoms with Crippen molar-refractivity contribution >= 4 is 39.1 Å². The van der Waals surface area contributed by atoms with Crippen LogP contribution in [0.4, 0.5) is 5.69 Å². The van der Waals surface area contributed by atoms with E-state index in [0.717, 1.165) is 35.2 Å². The van der Waals surface area contributed by atoms with E-state index in [9.17, 15) is 14.4 Å². The largest absolute Gasteiger partial charge is 0.483 e. The molecule has 0 radical (unpaired) electrons. The molecule has 1 aliphatic heterocycles. The molecule has 5 rings (SSSR count). The van der Waals surface area contributed by atoms with Crippen molar-refractivity contribution in [3.63, 3.8) is 0 Å². The van der Waals surface area contributed by atoms with Crippen LogP contribution < -0.4 is 10.1 Å². The van der Waals surface area contributed by atoms with E-state index in [1.54, 1.807) is 6.07 Å². The molecule has 7 heteroatoms. The molecule has 1 heterocycles. The van der Waals surface area contributed by atoms with Gasteiger partial charge in [0, 0.05) is 48.4 Å². The Morgan fingerprint density at radius 3 is 2.31 bits per heavy atom. The summed E-state index contributed by atoms with van der Waals surface area (Å²) in [5.41, 5.74) is 4.95. The fourth-order valence-electron chi connectivity index (χ4n) is 5.18. The summed E-state index contributed by atoms with van der Waals surface area (Å²) in [6.45, 7) is 3.82. The van der Waals surface area contributed by atoms with Gasteiger partial charge in [-0.2, -0.15) is 0 Å². The summed E-state index contributed by atoms with van der Waals surface area (Å²) >= 11 is 3.57. The van der Waals surface area contributed by atoms with E-state index in [4.69, 9.17) is 9.47 Å². The average molecular weight is 550 g/mol. The van der Waals surface area contributed by atoms with Gasteiger partial charge in [0.15, 0.2) is 18.2 Å². The van der Waals surface area contributed by atoms with E-state index in [-0.39, 0.29) is 24.1 Å². The number of ketones is 2. The van der Waals surface area contributed by atoms with E-state index >= 15 is 0 Å². The minimum atomic E-state index is -0.428. The van der Waals surface area contributed by atoms with Gasteiger partial charge in [-0.1, -0.05) is 18.2 Å². The van der Waals surface area contributed by atoms with Crippen LogP contribution in [0.3, 0.4) is 0 Å². The van der Waals surface area contributed by atoms with Crippen molar-refractivity contribution in [2.75, 3.05) is 11.9 Å². The zero-order valence-electron chi connectivity index (χ0n) is 20.4. The van der Waals surface area contributed by atoms with Crippen molar-refractivity contribution in [3.8, 4) is 5.75 Å². The molecule has 0 bridgehead atoms. The predicted octanol–water partition coefficient (Wildman–Crippen LogP) is 6.21. The number of ether oxygens (including phenoxy) is 2. The Bertz CT molecular complexity index is 1300. The van der Waals surface area contributed by atoms with Crippen molar-refractivity contribution in [2.45, 2.75) is 58.3 Å². The monoisotopic (exact) mass is 549 g/mol. The second-order valence-corrected chi connectivity index (χ2v) is 10.4. The minimum Gasteiger partial charge on any atom is -0.483 e. The number of hydrogen-bond donors (Lipinski definition) is 1. The Kier molecular flexibility index (Phi) is 6.84. The Hall–Kier alpha value is -3.19. The van der Waals surface area contributed by atoms with Crippen LogP contribution in [0, 0.1) is 13.8 Å². The van der Waals surface area contributed by atoms with Crippen LogP contribution in [0.5, 0.6) is 5.75 Å². The molecule has 2 aliphatic carbocycles. The lowest BCUT2D eigenvalue weighted by molar-refractivity contribution is -0.119. The predicted molar refractivity (Wildman–Crippen MR) is 140 cm³/mol.